The highest BCUT2D eigenvalue weighted by atomic mass is 35.5. The summed E-state index contributed by atoms with van der Waals surface area (Å²) in [5, 5.41) is 7.02. The smallest absolute Gasteiger partial charge is 0.131 e. The van der Waals surface area contributed by atoms with E-state index in [-0.39, 0.29) is 5.17 Å². The zero-order valence-corrected chi connectivity index (χ0v) is 6.81. The van der Waals surface area contributed by atoms with Gasteiger partial charge in [-0.3, -0.25) is 10.4 Å². The molecular formula is C7H8ClN3. The van der Waals surface area contributed by atoms with E-state index in [2.05, 4.69) is 4.98 Å². The van der Waals surface area contributed by atoms with Crippen LogP contribution in [0.2, 0.25) is 0 Å². The van der Waals surface area contributed by atoms with Crippen molar-refractivity contribution in [3.63, 3.8) is 0 Å². The molecule has 0 aliphatic rings. The second-order valence-corrected chi connectivity index (χ2v) is 2.60. The van der Waals surface area contributed by atoms with E-state index in [0.717, 1.165) is 5.69 Å². The van der Waals surface area contributed by atoms with Crippen LogP contribution in [0.3, 0.4) is 0 Å². The molecule has 3 nitrogen and oxygen atoms in total. The first-order valence-electron chi connectivity index (χ1n) is 3.08. The van der Waals surface area contributed by atoms with Crippen LogP contribution in [-0.4, -0.2) is 10.2 Å². The Balaban J connectivity index is 3.20. The number of aromatic nitrogens is 1. The Kier molecular flexibility index (Phi) is 2.10. The first-order valence-corrected chi connectivity index (χ1v) is 3.45. The molecule has 3 N–H and O–H groups in total. The van der Waals surface area contributed by atoms with Crippen molar-refractivity contribution in [3.05, 3.63) is 23.5 Å². The molecule has 0 unspecified atom stereocenters. The summed E-state index contributed by atoms with van der Waals surface area (Å²) in [5.41, 5.74) is 7.36. The minimum atomic E-state index is -0.0741. The average Bonchev–Trinajstić information content (AvgIpc) is 1.85. The predicted molar refractivity (Wildman–Crippen MR) is 46.1 cm³/mol. The Morgan fingerprint density at radius 3 is 2.82 bits per heavy atom. The maximum Gasteiger partial charge on any atom is 0.131 e. The predicted octanol–water partition coefficient (Wildman–Crippen LogP) is 1.54. The second-order valence-electron chi connectivity index (χ2n) is 2.23. The minimum absolute atomic E-state index is 0.0741. The van der Waals surface area contributed by atoms with E-state index in [0.29, 0.717) is 11.3 Å². The Bertz CT molecular complexity index is 296. The summed E-state index contributed by atoms with van der Waals surface area (Å²) in [5.74, 6) is 0. The second kappa shape index (κ2) is 2.88. The number of hydrogen-bond donors (Lipinski definition) is 2. The molecule has 0 aliphatic heterocycles. The molecule has 1 aromatic heterocycles. The molecule has 1 rings (SSSR count). The molecule has 0 saturated heterocycles. The summed E-state index contributed by atoms with van der Waals surface area (Å²) in [6.07, 6.45) is 1.50. The van der Waals surface area contributed by atoms with Gasteiger partial charge in [0.2, 0.25) is 0 Å². The van der Waals surface area contributed by atoms with E-state index < -0.39 is 0 Å². The van der Waals surface area contributed by atoms with E-state index in [1.165, 1.54) is 6.20 Å². The van der Waals surface area contributed by atoms with E-state index in [9.17, 15) is 0 Å². The monoisotopic (exact) mass is 169 g/mol. The van der Waals surface area contributed by atoms with E-state index >= 15 is 0 Å². The van der Waals surface area contributed by atoms with Crippen molar-refractivity contribution in [2.75, 3.05) is 5.73 Å². The maximum absolute atomic E-state index is 7.09. The summed E-state index contributed by atoms with van der Waals surface area (Å²) in [7, 11) is 0. The first-order chi connectivity index (χ1) is 5.11. The van der Waals surface area contributed by atoms with Crippen molar-refractivity contribution in [3.8, 4) is 0 Å². The molecule has 0 fully saturated rings. The van der Waals surface area contributed by atoms with Gasteiger partial charge in [0.1, 0.15) is 5.17 Å². The van der Waals surface area contributed by atoms with Crippen molar-refractivity contribution in [1.82, 2.24) is 4.98 Å². The van der Waals surface area contributed by atoms with Gasteiger partial charge in [-0.05, 0) is 13.0 Å². The van der Waals surface area contributed by atoms with Crippen LogP contribution in [0.15, 0.2) is 12.3 Å². The van der Waals surface area contributed by atoms with Gasteiger partial charge in [-0.15, -0.1) is 0 Å². The minimum Gasteiger partial charge on any atom is -0.398 e. The third kappa shape index (κ3) is 1.68. The fourth-order valence-electron chi connectivity index (χ4n) is 0.764. The van der Waals surface area contributed by atoms with Crippen LogP contribution < -0.4 is 5.73 Å². The van der Waals surface area contributed by atoms with Crippen molar-refractivity contribution < 1.29 is 0 Å². The quantitative estimate of drug-likeness (QED) is 0.627. The third-order valence-electron chi connectivity index (χ3n) is 1.31. The first kappa shape index (κ1) is 8.01. The number of anilines is 1. The summed E-state index contributed by atoms with van der Waals surface area (Å²) in [6, 6.07) is 1.69. The number of nitrogens with zero attached hydrogens (tertiary/aromatic N) is 1. The lowest BCUT2D eigenvalue weighted by Gasteiger charge is -2.01. The van der Waals surface area contributed by atoms with Gasteiger partial charge in [-0.25, -0.2) is 0 Å². The number of nitrogen functional groups attached to an aromatic ring is 1. The van der Waals surface area contributed by atoms with Gasteiger partial charge in [0.05, 0.1) is 5.56 Å². The number of halogens is 1. The van der Waals surface area contributed by atoms with Crippen LogP contribution in [0, 0.1) is 12.3 Å². The molecular weight excluding hydrogens is 162 g/mol. The third-order valence-corrected chi connectivity index (χ3v) is 1.51. The molecule has 4 heteroatoms. The maximum atomic E-state index is 7.09. The molecule has 0 amide bonds. The normalized spacial score (nSPS) is 9.64. The fourth-order valence-corrected chi connectivity index (χ4v) is 0.922. The van der Waals surface area contributed by atoms with E-state index in [1.54, 1.807) is 6.07 Å². The molecule has 58 valence electrons. The van der Waals surface area contributed by atoms with Gasteiger partial charge in [-0.2, -0.15) is 0 Å². The van der Waals surface area contributed by atoms with Crippen molar-refractivity contribution in [2.24, 2.45) is 0 Å². The van der Waals surface area contributed by atoms with Gasteiger partial charge >= 0.3 is 0 Å². The number of nitrogens with two attached hydrogens (primary N) is 1. The number of rotatable bonds is 1. The standard InChI is InChI=1S/C7H8ClN3/c1-4-2-6(9)5(3-11-4)7(8)10/h2-3,10H,1H3,(H2,9,11). The number of nitrogens with one attached hydrogen (secondary N) is 1. The molecule has 0 saturated carbocycles. The van der Waals surface area contributed by atoms with Crippen LogP contribution in [0.5, 0.6) is 0 Å². The van der Waals surface area contributed by atoms with Crippen molar-refractivity contribution in [1.29, 1.82) is 5.41 Å². The molecule has 0 aliphatic carbocycles. The topological polar surface area (TPSA) is 62.8 Å². The molecule has 0 bridgehead atoms. The van der Waals surface area contributed by atoms with Gasteiger partial charge in [0.25, 0.3) is 0 Å². The lowest BCUT2D eigenvalue weighted by atomic mass is 10.2. The zero-order valence-electron chi connectivity index (χ0n) is 6.06. The highest BCUT2D eigenvalue weighted by Crippen LogP contribution is 2.13. The molecule has 1 heterocycles. The Labute approximate surface area is 69.7 Å². The number of aryl methyl sites for hydroxylation is 1. The van der Waals surface area contributed by atoms with Gasteiger partial charge in [0.15, 0.2) is 0 Å². The molecule has 0 atom stereocenters. The van der Waals surface area contributed by atoms with Crippen LogP contribution in [0.4, 0.5) is 5.69 Å². The van der Waals surface area contributed by atoms with Crippen LogP contribution >= 0.6 is 11.6 Å². The van der Waals surface area contributed by atoms with Gasteiger partial charge in [-0.1, -0.05) is 11.6 Å². The van der Waals surface area contributed by atoms with E-state index in [1.807, 2.05) is 6.92 Å². The Morgan fingerprint density at radius 1 is 1.73 bits per heavy atom. The molecule has 0 spiro atoms. The molecule has 1 aromatic rings. The zero-order chi connectivity index (χ0) is 8.43. The van der Waals surface area contributed by atoms with E-state index in [4.69, 9.17) is 22.7 Å². The summed E-state index contributed by atoms with van der Waals surface area (Å²) >= 11 is 5.42. The SMILES string of the molecule is Cc1cc(N)c(C(=N)Cl)cn1. The largest absolute Gasteiger partial charge is 0.398 e. The highest BCUT2D eigenvalue weighted by Gasteiger charge is 2.02. The van der Waals surface area contributed by atoms with Crippen LogP contribution in [0.25, 0.3) is 0 Å². The average molecular weight is 170 g/mol. The lowest BCUT2D eigenvalue weighted by Crippen LogP contribution is -1.99. The van der Waals surface area contributed by atoms with Gasteiger partial charge in [0, 0.05) is 17.6 Å². The lowest BCUT2D eigenvalue weighted by molar-refractivity contribution is 1.20. The fraction of sp³-hybridized carbons (Fsp3) is 0.143. The Morgan fingerprint density at radius 2 is 2.36 bits per heavy atom. The summed E-state index contributed by atoms with van der Waals surface area (Å²) < 4.78 is 0. The number of hydrogen-bond acceptors (Lipinski definition) is 3. The van der Waals surface area contributed by atoms with Gasteiger partial charge < -0.3 is 5.73 Å². The van der Waals surface area contributed by atoms with Crippen LogP contribution in [-0.2, 0) is 0 Å². The van der Waals surface area contributed by atoms with Crippen molar-refractivity contribution >= 4 is 22.5 Å². The Hall–Kier alpha value is -1.09. The van der Waals surface area contributed by atoms with Crippen LogP contribution in [0.1, 0.15) is 11.3 Å². The number of pyridine rings is 1. The summed E-state index contributed by atoms with van der Waals surface area (Å²) in [6.45, 7) is 1.83. The highest BCUT2D eigenvalue weighted by molar-refractivity contribution is 6.69. The van der Waals surface area contributed by atoms with Crippen molar-refractivity contribution in [2.45, 2.75) is 6.92 Å². The summed E-state index contributed by atoms with van der Waals surface area (Å²) in [4.78, 5) is 3.96. The molecule has 0 aromatic carbocycles. The molecule has 0 radical (unpaired) electrons. The molecule has 11 heavy (non-hydrogen) atoms.